The Labute approximate surface area is 253 Å². The van der Waals surface area contributed by atoms with Crippen LogP contribution in [0.2, 0.25) is 0 Å². The fourth-order valence-corrected chi connectivity index (χ4v) is 6.40. The Hall–Kier alpha value is -2.78. The van der Waals surface area contributed by atoms with Crippen molar-refractivity contribution in [3.8, 4) is 0 Å². The van der Waals surface area contributed by atoms with Crippen molar-refractivity contribution in [3.63, 3.8) is 0 Å². The van der Waals surface area contributed by atoms with Gasteiger partial charge in [-0.05, 0) is 49.4 Å². The Morgan fingerprint density at radius 3 is 2.62 bits per heavy atom. The second-order valence-corrected chi connectivity index (χ2v) is 12.8. The van der Waals surface area contributed by atoms with Crippen LogP contribution in [0.25, 0.3) is 10.2 Å². The van der Waals surface area contributed by atoms with E-state index in [9.17, 15) is 26.4 Å². The van der Waals surface area contributed by atoms with E-state index in [0.29, 0.717) is 41.1 Å². The molecule has 2 heterocycles. The van der Waals surface area contributed by atoms with Gasteiger partial charge in [0.25, 0.3) is 5.91 Å². The van der Waals surface area contributed by atoms with E-state index >= 15 is 0 Å². The number of amides is 1. The number of anilines is 1. The first-order valence-corrected chi connectivity index (χ1v) is 15.6. The summed E-state index contributed by atoms with van der Waals surface area (Å²) < 4.78 is 63.7. The van der Waals surface area contributed by atoms with Crippen molar-refractivity contribution in [2.24, 2.45) is 0 Å². The van der Waals surface area contributed by atoms with Crippen LogP contribution in [-0.4, -0.2) is 62.7 Å². The number of halogens is 4. The summed E-state index contributed by atoms with van der Waals surface area (Å²) in [5.74, 6) is 0.421. The third-order valence-corrected chi connectivity index (χ3v) is 9.08. The van der Waals surface area contributed by atoms with Gasteiger partial charge in [0, 0.05) is 54.6 Å². The summed E-state index contributed by atoms with van der Waals surface area (Å²) in [7, 11) is -1.53. The molecule has 2 atom stereocenters. The highest BCUT2D eigenvalue weighted by molar-refractivity contribution is 7.92. The van der Waals surface area contributed by atoms with Gasteiger partial charge in [-0.15, -0.1) is 23.7 Å². The van der Waals surface area contributed by atoms with Crippen LogP contribution in [0.4, 0.5) is 19.0 Å². The van der Waals surface area contributed by atoms with E-state index in [1.807, 2.05) is 19.2 Å². The molecule has 3 aromatic rings. The number of hydrogen-bond acceptors (Lipinski definition) is 8. The zero-order valence-electron chi connectivity index (χ0n) is 23.0. The largest absolute Gasteiger partial charge is 0.393 e. The highest BCUT2D eigenvalue weighted by Crippen LogP contribution is 2.35. The van der Waals surface area contributed by atoms with Gasteiger partial charge < -0.3 is 15.5 Å². The normalized spacial score (nSPS) is 17.1. The fourth-order valence-electron chi connectivity index (χ4n) is 4.83. The lowest BCUT2D eigenvalue weighted by Gasteiger charge is -2.26. The van der Waals surface area contributed by atoms with Gasteiger partial charge in [0.05, 0.1) is 11.8 Å². The van der Waals surface area contributed by atoms with Crippen LogP contribution in [0.3, 0.4) is 0 Å². The van der Waals surface area contributed by atoms with E-state index in [1.165, 1.54) is 6.33 Å². The number of fused-ring (bicyclic) bond motifs is 1. The molecule has 230 valence electrons. The monoisotopic (exact) mass is 646 g/mol. The number of benzene rings is 1. The van der Waals surface area contributed by atoms with Crippen LogP contribution in [0.15, 0.2) is 48.6 Å². The lowest BCUT2D eigenvalue weighted by Crippen LogP contribution is -2.33. The molecule has 3 N–H and O–H groups in total. The topological polar surface area (TPSA) is 116 Å². The summed E-state index contributed by atoms with van der Waals surface area (Å²) in [5, 5.41) is 7.83. The standard InChI is InChI=1S/C27H33F3N6O3S2.ClH/c1-3-41(38,39)35-12-4-11-31-25(37)19-7-5-18(6-8-19)16-32-20-9-10-21(13-20)36(2)24-23-14-22(15-27(28,29)30)40-26(23)34-17-33-24;/h3,5-8,14,17,20-21,32,35H,1,4,9-13,15-16H2,2H3,(H,31,37);1H/t20-,21+;/m0./s1. The first-order valence-electron chi connectivity index (χ1n) is 13.2. The average molecular weight is 647 g/mol. The Balaban J connectivity index is 0.00000484. The van der Waals surface area contributed by atoms with Gasteiger partial charge in [-0.3, -0.25) is 4.79 Å². The second kappa shape index (κ2) is 14.6. The molecule has 42 heavy (non-hydrogen) atoms. The Morgan fingerprint density at radius 1 is 1.19 bits per heavy atom. The third kappa shape index (κ3) is 9.36. The summed E-state index contributed by atoms with van der Waals surface area (Å²) >= 11 is 1.05. The van der Waals surface area contributed by atoms with Crippen molar-refractivity contribution in [1.29, 1.82) is 0 Å². The lowest BCUT2D eigenvalue weighted by molar-refractivity contribution is -0.126. The van der Waals surface area contributed by atoms with E-state index in [1.54, 1.807) is 18.2 Å². The smallest absolute Gasteiger partial charge is 0.356 e. The van der Waals surface area contributed by atoms with Crippen LogP contribution < -0.4 is 20.3 Å². The molecule has 1 aliphatic rings. The molecule has 1 saturated carbocycles. The van der Waals surface area contributed by atoms with Gasteiger partial charge in [-0.2, -0.15) is 13.2 Å². The van der Waals surface area contributed by atoms with Crippen molar-refractivity contribution >= 4 is 55.7 Å². The molecule has 15 heteroatoms. The Bertz CT molecular complexity index is 1470. The second-order valence-electron chi connectivity index (χ2n) is 9.99. The molecule has 0 unspecified atom stereocenters. The SMILES string of the molecule is C=CS(=O)(=O)NCCCNC(=O)c1ccc(CN[C@H]2CC[C@@H](N(C)c3ncnc4sc(CC(F)(F)F)cc34)C2)cc1.Cl. The maximum absolute atomic E-state index is 12.9. The number of aromatic nitrogens is 2. The van der Waals surface area contributed by atoms with E-state index < -0.39 is 22.6 Å². The maximum atomic E-state index is 12.9. The van der Waals surface area contributed by atoms with Crippen molar-refractivity contribution in [1.82, 2.24) is 25.3 Å². The summed E-state index contributed by atoms with van der Waals surface area (Å²) in [6.45, 7) is 4.40. The van der Waals surface area contributed by atoms with Crippen molar-refractivity contribution in [2.45, 2.75) is 56.9 Å². The molecule has 4 rings (SSSR count). The first-order chi connectivity index (χ1) is 19.4. The number of sulfonamides is 1. The molecule has 1 amide bonds. The minimum absolute atomic E-state index is 0. The van der Waals surface area contributed by atoms with E-state index in [-0.39, 0.29) is 41.8 Å². The number of carbonyl (C=O) groups excluding carboxylic acids is 1. The molecule has 0 aliphatic heterocycles. The highest BCUT2D eigenvalue weighted by Gasteiger charge is 2.31. The predicted molar refractivity (Wildman–Crippen MR) is 162 cm³/mol. The third-order valence-electron chi connectivity index (χ3n) is 6.99. The fraction of sp³-hybridized carbons (Fsp3) is 0.444. The molecule has 1 aliphatic carbocycles. The Morgan fingerprint density at radius 2 is 1.93 bits per heavy atom. The number of thiophene rings is 1. The number of hydrogen-bond donors (Lipinski definition) is 3. The van der Waals surface area contributed by atoms with Gasteiger partial charge in [0.2, 0.25) is 10.0 Å². The van der Waals surface area contributed by atoms with E-state index in [2.05, 4.69) is 36.8 Å². The predicted octanol–water partition coefficient (Wildman–Crippen LogP) is 4.55. The van der Waals surface area contributed by atoms with Crippen molar-refractivity contribution in [2.75, 3.05) is 25.0 Å². The summed E-state index contributed by atoms with van der Waals surface area (Å²) in [4.78, 5) is 23.8. The molecule has 1 fully saturated rings. The molecule has 2 aromatic heterocycles. The van der Waals surface area contributed by atoms with Gasteiger partial charge in [-0.1, -0.05) is 18.7 Å². The summed E-state index contributed by atoms with van der Waals surface area (Å²) in [5.41, 5.74) is 1.55. The lowest BCUT2D eigenvalue weighted by atomic mass is 10.1. The van der Waals surface area contributed by atoms with Crippen molar-refractivity contribution in [3.05, 3.63) is 64.7 Å². The maximum Gasteiger partial charge on any atom is 0.393 e. The van der Waals surface area contributed by atoms with Crippen LogP contribution >= 0.6 is 23.7 Å². The minimum Gasteiger partial charge on any atom is -0.356 e. The zero-order chi connectivity index (χ0) is 29.6. The zero-order valence-corrected chi connectivity index (χ0v) is 25.4. The minimum atomic E-state index is -4.27. The molecular weight excluding hydrogens is 613 g/mol. The highest BCUT2D eigenvalue weighted by atomic mass is 35.5. The van der Waals surface area contributed by atoms with Crippen LogP contribution in [0.1, 0.15) is 46.5 Å². The molecular formula is C27H34ClF3N6O3S2. The quantitative estimate of drug-likeness (QED) is 0.234. The number of nitrogens with zero attached hydrogens (tertiary/aromatic N) is 3. The van der Waals surface area contributed by atoms with Gasteiger partial charge in [0.15, 0.2) is 0 Å². The number of rotatable bonds is 13. The molecule has 0 radical (unpaired) electrons. The number of alkyl halides is 3. The molecule has 1 aromatic carbocycles. The molecule has 0 spiro atoms. The first kappa shape index (κ1) is 33.7. The van der Waals surface area contributed by atoms with E-state index in [4.69, 9.17) is 0 Å². The summed E-state index contributed by atoms with van der Waals surface area (Å²) in [6, 6.07) is 9.32. The van der Waals surface area contributed by atoms with Crippen LogP contribution in [0, 0.1) is 0 Å². The van der Waals surface area contributed by atoms with Crippen LogP contribution in [0.5, 0.6) is 0 Å². The summed E-state index contributed by atoms with van der Waals surface area (Å²) in [6.07, 6.45) is -0.637. The van der Waals surface area contributed by atoms with Crippen LogP contribution in [-0.2, 0) is 23.0 Å². The molecule has 9 nitrogen and oxygen atoms in total. The van der Waals surface area contributed by atoms with Gasteiger partial charge in [-0.25, -0.2) is 23.1 Å². The molecule has 0 saturated heterocycles. The van der Waals surface area contributed by atoms with E-state index in [0.717, 1.165) is 41.6 Å². The van der Waals surface area contributed by atoms with Crippen molar-refractivity contribution < 1.29 is 26.4 Å². The van der Waals surface area contributed by atoms with Gasteiger partial charge >= 0.3 is 6.18 Å². The number of carbonyl (C=O) groups is 1. The average Bonchev–Trinajstić information content (AvgIpc) is 3.57. The van der Waals surface area contributed by atoms with Gasteiger partial charge in [0.1, 0.15) is 17.0 Å². The Kier molecular flexibility index (Phi) is 11.7. The number of nitrogens with one attached hydrogen (secondary N) is 3. The molecule has 0 bridgehead atoms.